The number of para-hydroxylation sites is 1. The van der Waals surface area contributed by atoms with Crippen molar-refractivity contribution in [3.8, 4) is 22.9 Å². The van der Waals surface area contributed by atoms with Crippen LogP contribution in [-0.2, 0) is 9.59 Å². The minimum absolute atomic E-state index is 0.237. The molecule has 0 fully saturated rings. The summed E-state index contributed by atoms with van der Waals surface area (Å²) in [6, 6.07) is 12.6. The van der Waals surface area contributed by atoms with Crippen molar-refractivity contribution < 1.29 is 24.1 Å². The number of hydrogen-bond donors (Lipinski definition) is 0. The predicted octanol–water partition coefficient (Wildman–Crippen LogP) is 3.93. The molecule has 35 heavy (non-hydrogen) atoms. The minimum Gasteiger partial charge on any atom is -0.854 e. The summed E-state index contributed by atoms with van der Waals surface area (Å²) in [6.07, 6.45) is 2.32. The number of benzene rings is 2. The molecule has 1 atom stereocenters. The molecule has 1 unspecified atom stereocenters. The average Bonchev–Trinajstić information content (AvgIpc) is 2.81. The van der Waals surface area contributed by atoms with E-state index in [1.165, 1.54) is 25.6 Å². The molecule has 0 saturated carbocycles. The number of ether oxygens (including phenoxy) is 1. The number of nitrogens with zero attached hydrogens (tertiary/aromatic N) is 4. The number of esters is 1. The number of aryl methyl sites for hydroxylation is 1. The Labute approximate surface area is 209 Å². The zero-order chi connectivity index (χ0) is 25.1. The first-order valence-electron chi connectivity index (χ1n) is 11.6. The Morgan fingerprint density at radius 2 is 1.94 bits per heavy atom. The summed E-state index contributed by atoms with van der Waals surface area (Å²) in [5.74, 6) is -0.0434. The highest BCUT2D eigenvalue weighted by atomic mass is 32.2. The molecule has 182 valence electrons. The van der Waals surface area contributed by atoms with Crippen molar-refractivity contribution in [2.75, 3.05) is 10.7 Å². The van der Waals surface area contributed by atoms with Crippen LogP contribution in [0, 0.1) is 6.92 Å². The molecule has 1 aromatic heterocycles. The Morgan fingerprint density at radius 1 is 1.17 bits per heavy atom. The van der Waals surface area contributed by atoms with E-state index in [0.717, 1.165) is 30.6 Å². The van der Waals surface area contributed by atoms with Gasteiger partial charge in [-0.1, -0.05) is 60.0 Å². The summed E-state index contributed by atoms with van der Waals surface area (Å²) < 4.78 is 7.08. The molecule has 4 rings (SSSR count). The van der Waals surface area contributed by atoms with Gasteiger partial charge in [0, 0.05) is 24.7 Å². The molecule has 0 bridgehead atoms. The molecule has 8 nitrogen and oxygen atoms in total. The van der Waals surface area contributed by atoms with Crippen molar-refractivity contribution in [3.05, 3.63) is 53.6 Å². The van der Waals surface area contributed by atoms with E-state index in [2.05, 4.69) is 11.9 Å². The van der Waals surface area contributed by atoms with E-state index in [1.807, 2.05) is 31.2 Å². The van der Waals surface area contributed by atoms with Gasteiger partial charge in [-0.25, -0.2) is 9.88 Å². The van der Waals surface area contributed by atoms with Crippen LogP contribution in [0.4, 0.5) is 5.69 Å². The molecule has 2 heterocycles. The predicted molar refractivity (Wildman–Crippen MR) is 131 cm³/mol. The number of thioether (sulfide) groups is 1. The van der Waals surface area contributed by atoms with Crippen LogP contribution < -0.4 is 19.4 Å². The van der Waals surface area contributed by atoms with Crippen molar-refractivity contribution in [2.45, 2.75) is 58.3 Å². The molecule has 1 amide bonds. The number of aromatic nitrogens is 3. The maximum atomic E-state index is 13.3. The number of amides is 1. The Morgan fingerprint density at radius 3 is 2.66 bits per heavy atom. The standard InChI is InChI=1S/C26H28N4O4S/c1-5-6-9-14-35-26-27-24(33)23-19-10-7-8-11-21(19)29(17(3)31)25(30(23)28-26)20-15-16(2)12-13-22(20)34-18(4)32/h7-8,10-13,15,25H,5-6,9,14H2,1-4H3. The number of carbonyl (C=O) groups excluding carboxylic acids is 2. The second-order valence-corrected chi connectivity index (χ2v) is 9.53. The van der Waals surface area contributed by atoms with Gasteiger partial charge in [0.2, 0.25) is 5.91 Å². The van der Waals surface area contributed by atoms with E-state index in [-0.39, 0.29) is 11.6 Å². The molecule has 0 N–H and O–H groups in total. The summed E-state index contributed by atoms with van der Waals surface area (Å²) in [5.41, 5.74) is 2.90. The van der Waals surface area contributed by atoms with Crippen LogP contribution in [0.3, 0.4) is 0 Å². The first-order valence-corrected chi connectivity index (χ1v) is 12.6. The van der Waals surface area contributed by atoms with E-state index >= 15 is 0 Å². The van der Waals surface area contributed by atoms with Gasteiger partial charge in [-0.3, -0.25) is 9.59 Å². The third-order valence-corrected chi connectivity index (χ3v) is 6.66. The molecule has 9 heteroatoms. The summed E-state index contributed by atoms with van der Waals surface area (Å²) in [4.78, 5) is 30.8. The number of rotatable bonds is 7. The zero-order valence-electron chi connectivity index (χ0n) is 20.3. The third-order valence-electron chi connectivity index (χ3n) is 5.73. The fourth-order valence-corrected chi connectivity index (χ4v) is 5.07. The fourth-order valence-electron chi connectivity index (χ4n) is 4.25. The van der Waals surface area contributed by atoms with Crippen molar-refractivity contribution in [1.82, 2.24) is 10.1 Å². The molecular formula is C26H28N4O4S. The maximum absolute atomic E-state index is 13.3. The summed E-state index contributed by atoms with van der Waals surface area (Å²) in [7, 11) is 0. The maximum Gasteiger partial charge on any atom is 0.308 e. The van der Waals surface area contributed by atoms with Crippen molar-refractivity contribution >= 4 is 29.3 Å². The minimum atomic E-state index is -0.836. The highest BCUT2D eigenvalue weighted by Crippen LogP contribution is 2.42. The Bertz CT molecular complexity index is 1280. The number of unbranched alkanes of at least 4 members (excludes halogenated alkanes) is 2. The Kier molecular flexibility index (Phi) is 7.35. The van der Waals surface area contributed by atoms with Crippen LogP contribution in [0.5, 0.6) is 11.6 Å². The second kappa shape index (κ2) is 10.4. The molecule has 1 aliphatic rings. The highest BCUT2D eigenvalue weighted by molar-refractivity contribution is 7.99. The Hall–Kier alpha value is -3.46. The van der Waals surface area contributed by atoms with Gasteiger partial charge in [0.1, 0.15) is 5.75 Å². The summed E-state index contributed by atoms with van der Waals surface area (Å²) >= 11 is 1.42. The van der Waals surface area contributed by atoms with Crippen molar-refractivity contribution in [2.24, 2.45) is 0 Å². The second-order valence-electron chi connectivity index (χ2n) is 8.46. The van der Waals surface area contributed by atoms with E-state index in [1.54, 1.807) is 27.8 Å². The summed E-state index contributed by atoms with van der Waals surface area (Å²) in [5, 5.41) is 18.4. The topological polar surface area (TPSA) is 99.3 Å². The molecule has 0 saturated heterocycles. The lowest BCUT2D eigenvalue weighted by molar-refractivity contribution is -0.764. The average molecular weight is 493 g/mol. The van der Waals surface area contributed by atoms with E-state index < -0.39 is 18.0 Å². The lowest BCUT2D eigenvalue weighted by atomic mass is 9.99. The normalized spacial score (nSPS) is 14.3. The van der Waals surface area contributed by atoms with Gasteiger partial charge in [-0.05, 0) is 37.6 Å². The smallest absolute Gasteiger partial charge is 0.308 e. The number of hydrogen-bond acceptors (Lipinski definition) is 7. The molecule has 3 aromatic rings. The SMILES string of the molecule is CCCCCSc1nc([O-])c2[n+](n1)C(c1cc(C)ccc1OC(C)=O)N(C(C)=O)c1ccccc1-2. The molecule has 2 aromatic carbocycles. The van der Waals surface area contributed by atoms with Crippen LogP contribution in [0.15, 0.2) is 47.6 Å². The number of carbonyl (C=O) groups is 2. The summed E-state index contributed by atoms with van der Waals surface area (Å²) in [6.45, 7) is 6.84. The van der Waals surface area contributed by atoms with Gasteiger partial charge in [0.05, 0.1) is 22.7 Å². The van der Waals surface area contributed by atoms with Crippen molar-refractivity contribution in [1.29, 1.82) is 0 Å². The van der Waals surface area contributed by atoms with Gasteiger partial charge < -0.3 is 9.84 Å². The molecule has 0 radical (unpaired) electrons. The molecule has 0 spiro atoms. The van der Waals surface area contributed by atoms with Crippen LogP contribution in [0.25, 0.3) is 11.3 Å². The lowest BCUT2D eigenvalue weighted by Crippen LogP contribution is -2.58. The first kappa shape index (κ1) is 24.7. The third kappa shape index (κ3) is 5.00. The van der Waals surface area contributed by atoms with E-state index in [0.29, 0.717) is 27.7 Å². The van der Waals surface area contributed by atoms with Gasteiger partial charge in [0.15, 0.2) is 0 Å². The largest absolute Gasteiger partial charge is 0.854 e. The molecule has 1 aliphatic heterocycles. The fraction of sp³-hybridized carbons (Fsp3) is 0.346. The van der Waals surface area contributed by atoms with E-state index in [4.69, 9.17) is 9.84 Å². The van der Waals surface area contributed by atoms with Crippen LogP contribution in [0.2, 0.25) is 0 Å². The first-order chi connectivity index (χ1) is 16.8. The van der Waals surface area contributed by atoms with E-state index in [9.17, 15) is 14.7 Å². The molecule has 0 aliphatic carbocycles. The quantitative estimate of drug-likeness (QED) is 0.162. The van der Waals surface area contributed by atoms with Gasteiger partial charge in [-0.2, -0.15) is 0 Å². The van der Waals surface area contributed by atoms with Gasteiger partial charge in [0.25, 0.3) is 17.0 Å². The van der Waals surface area contributed by atoms with Crippen LogP contribution in [0.1, 0.15) is 57.3 Å². The molecular weight excluding hydrogens is 464 g/mol. The van der Waals surface area contributed by atoms with Crippen molar-refractivity contribution in [3.63, 3.8) is 0 Å². The Balaban J connectivity index is 1.96. The van der Waals surface area contributed by atoms with Gasteiger partial charge >= 0.3 is 5.97 Å². The zero-order valence-corrected chi connectivity index (χ0v) is 21.1. The van der Waals surface area contributed by atoms with Gasteiger partial charge in [-0.15, -0.1) is 0 Å². The highest BCUT2D eigenvalue weighted by Gasteiger charge is 2.45. The number of fused-ring (bicyclic) bond motifs is 3. The monoisotopic (exact) mass is 492 g/mol. The van der Waals surface area contributed by atoms with Crippen LogP contribution >= 0.6 is 11.8 Å². The van der Waals surface area contributed by atoms with Crippen LogP contribution in [-0.4, -0.2) is 27.7 Å². The number of anilines is 1. The lowest BCUT2D eigenvalue weighted by Gasteiger charge is -2.33.